The van der Waals surface area contributed by atoms with Crippen molar-refractivity contribution in [3.8, 4) is 0 Å². The molecule has 0 saturated heterocycles. The molecular weight excluding hydrogens is 230 g/mol. The SMILES string of the molecule is Cc1cc(NC(=O)CSc2cn[nH]n2)on1. The third-order valence-corrected chi connectivity index (χ3v) is 2.53. The van der Waals surface area contributed by atoms with Crippen LogP contribution in [0.3, 0.4) is 0 Å². The number of amides is 1. The molecule has 1 amide bonds. The normalized spacial score (nSPS) is 10.3. The second kappa shape index (κ2) is 4.79. The van der Waals surface area contributed by atoms with E-state index in [9.17, 15) is 4.79 Å². The van der Waals surface area contributed by atoms with Crippen molar-refractivity contribution in [2.24, 2.45) is 0 Å². The summed E-state index contributed by atoms with van der Waals surface area (Å²) in [5, 5.41) is 16.8. The average molecular weight is 239 g/mol. The van der Waals surface area contributed by atoms with E-state index >= 15 is 0 Å². The Kier molecular flexibility index (Phi) is 3.20. The van der Waals surface area contributed by atoms with Crippen LogP contribution in [0, 0.1) is 6.92 Å². The van der Waals surface area contributed by atoms with Gasteiger partial charge in [-0.05, 0) is 6.92 Å². The van der Waals surface area contributed by atoms with E-state index in [-0.39, 0.29) is 11.7 Å². The molecule has 16 heavy (non-hydrogen) atoms. The second-order valence-corrected chi connectivity index (χ2v) is 3.97. The summed E-state index contributed by atoms with van der Waals surface area (Å²) < 4.78 is 4.85. The van der Waals surface area contributed by atoms with Crippen LogP contribution in [0.2, 0.25) is 0 Å². The van der Waals surface area contributed by atoms with Crippen LogP contribution in [0.4, 0.5) is 5.88 Å². The van der Waals surface area contributed by atoms with E-state index in [1.54, 1.807) is 19.2 Å². The van der Waals surface area contributed by atoms with Crippen molar-refractivity contribution in [2.45, 2.75) is 11.9 Å². The van der Waals surface area contributed by atoms with Gasteiger partial charge in [0, 0.05) is 6.07 Å². The van der Waals surface area contributed by atoms with Crippen molar-refractivity contribution in [3.05, 3.63) is 18.0 Å². The van der Waals surface area contributed by atoms with Crippen LogP contribution in [-0.4, -0.2) is 32.2 Å². The number of carbonyl (C=O) groups excluding carboxylic acids is 1. The maximum Gasteiger partial charge on any atom is 0.237 e. The number of H-pyrrole nitrogens is 1. The molecule has 2 heterocycles. The Labute approximate surface area is 95.0 Å². The Morgan fingerprint density at radius 1 is 1.69 bits per heavy atom. The molecule has 7 nitrogen and oxygen atoms in total. The highest BCUT2D eigenvalue weighted by molar-refractivity contribution is 7.99. The van der Waals surface area contributed by atoms with Crippen molar-refractivity contribution in [1.82, 2.24) is 20.6 Å². The predicted molar refractivity (Wildman–Crippen MR) is 57.0 cm³/mol. The van der Waals surface area contributed by atoms with Gasteiger partial charge in [0.2, 0.25) is 11.8 Å². The maximum absolute atomic E-state index is 11.4. The lowest BCUT2D eigenvalue weighted by Crippen LogP contribution is -2.13. The highest BCUT2D eigenvalue weighted by Gasteiger charge is 2.07. The van der Waals surface area contributed by atoms with Gasteiger partial charge in [0.25, 0.3) is 0 Å². The number of hydrogen-bond donors (Lipinski definition) is 2. The van der Waals surface area contributed by atoms with Crippen LogP contribution >= 0.6 is 11.8 Å². The van der Waals surface area contributed by atoms with Gasteiger partial charge in [-0.3, -0.25) is 10.1 Å². The van der Waals surface area contributed by atoms with E-state index in [4.69, 9.17) is 4.52 Å². The molecule has 0 unspecified atom stereocenters. The number of aromatic amines is 1. The van der Waals surface area contributed by atoms with Gasteiger partial charge in [0.1, 0.15) is 5.03 Å². The van der Waals surface area contributed by atoms with Gasteiger partial charge < -0.3 is 4.52 Å². The van der Waals surface area contributed by atoms with Gasteiger partial charge in [-0.2, -0.15) is 10.3 Å². The number of rotatable bonds is 4. The molecule has 2 rings (SSSR count). The topological polar surface area (TPSA) is 96.7 Å². The quantitative estimate of drug-likeness (QED) is 0.767. The number of hydrogen-bond acceptors (Lipinski definition) is 6. The smallest absolute Gasteiger partial charge is 0.237 e. The Morgan fingerprint density at radius 3 is 3.19 bits per heavy atom. The van der Waals surface area contributed by atoms with Crippen molar-refractivity contribution < 1.29 is 9.32 Å². The number of nitrogens with one attached hydrogen (secondary N) is 2. The first-order valence-corrected chi connectivity index (χ1v) is 5.44. The van der Waals surface area contributed by atoms with E-state index in [2.05, 4.69) is 25.9 Å². The zero-order chi connectivity index (χ0) is 11.4. The average Bonchev–Trinajstić information content (AvgIpc) is 2.87. The molecule has 2 aromatic heterocycles. The fourth-order valence-corrected chi connectivity index (χ4v) is 1.58. The molecule has 0 radical (unpaired) electrons. The molecule has 0 spiro atoms. The molecule has 0 aliphatic rings. The van der Waals surface area contributed by atoms with E-state index < -0.39 is 0 Å². The summed E-state index contributed by atoms with van der Waals surface area (Å²) in [5.74, 6) is 0.416. The van der Waals surface area contributed by atoms with Crippen molar-refractivity contribution in [2.75, 3.05) is 11.1 Å². The standard InChI is InChI=1S/C8H9N5O2S/c1-5-2-7(15-12-5)10-6(14)4-16-8-3-9-13-11-8/h2-3H,4H2,1H3,(H,10,14)(H,9,11,13). The van der Waals surface area contributed by atoms with Gasteiger partial charge >= 0.3 is 0 Å². The Balaban J connectivity index is 1.81. The second-order valence-electron chi connectivity index (χ2n) is 2.98. The lowest BCUT2D eigenvalue weighted by molar-refractivity contribution is -0.113. The first-order valence-electron chi connectivity index (χ1n) is 4.46. The number of aryl methyl sites for hydroxylation is 1. The molecule has 0 fully saturated rings. The molecule has 0 atom stereocenters. The molecule has 0 saturated carbocycles. The first-order chi connectivity index (χ1) is 7.74. The number of aromatic nitrogens is 4. The highest BCUT2D eigenvalue weighted by Crippen LogP contribution is 2.14. The summed E-state index contributed by atoms with van der Waals surface area (Å²) in [5.41, 5.74) is 0.722. The third kappa shape index (κ3) is 2.83. The summed E-state index contributed by atoms with van der Waals surface area (Å²) >= 11 is 1.28. The Morgan fingerprint density at radius 2 is 2.56 bits per heavy atom. The largest absolute Gasteiger partial charge is 0.338 e. The minimum Gasteiger partial charge on any atom is -0.338 e. The number of nitrogens with zero attached hydrogens (tertiary/aromatic N) is 3. The fraction of sp³-hybridized carbons (Fsp3) is 0.250. The lowest BCUT2D eigenvalue weighted by Gasteiger charge is -1.98. The van der Waals surface area contributed by atoms with Crippen molar-refractivity contribution in [1.29, 1.82) is 0 Å². The summed E-state index contributed by atoms with van der Waals surface area (Å²) in [4.78, 5) is 11.4. The van der Waals surface area contributed by atoms with Crippen LogP contribution in [0.5, 0.6) is 0 Å². The number of anilines is 1. The van der Waals surface area contributed by atoms with Crippen molar-refractivity contribution >= 4 is 23.6 Å². The molecule has 8 heteroatoms. The number of thioether (sulfide) groups is 1. The molecule has 0 aromatic carbocycles. The van der Waals surface area contributed by atoms with E-state index in [0.29, 0.717) is 10.9 Å². The van der Waals surface area contributed by atoms with Crippen LogP contribution in [0.15, 0.2) is 21.8 Å². The summed E-state index contributed by atoms with van der Waals surface area (Å²) in [6.07, 6.45) is 1.55. The maximum atomic E-state index is 11.4. The van der Waals surface area contributed by atoms with Gasteiger partial charge in [-0.15, -0.1) is 5.10 Å². The van der Waals surface area contributed by atoms with Crippen LogP contribution in [0.25, 0.3) is 0 Å². The first kappa shape index (κ1) is 10.7. The molecule has 2 N–H and O–H groups in total. The van der Waals surface area contributed by atoms with E-state index in [1.165, 1.54) is 11.8 Å². The van der Waals surface area contributed by atoms with Crippen LogP contribution in [0.1, 0.15) is 5.69 Å². The van der Waals surface area contributed by atoms with E-state index in [1.807, 2.05) is 0 Å². The summed E-state index contributed by atoms with van der Waals surface area (Å²) in [6.45, 7) is 1.78. The Hall–Kier alpha value is -1.83. The van der Waals surface area contributed by atoms with E-state index in [0.717, 1.165) is 5.69 Å². The van der Waals surface area contributed by atoms with Gasteiger partial charge in [0.15, 0.2) is 0 Å². The van der Waals surface area contributed by atoms with Gasteiger partial charge in [-0.1, -0.05) is 16.9 Å². The van der Waals surface area contributed by atoms with Gasteiger partial charge in [-0.25, -0.2) is 0 Å². The molecular formula is C8H9N5O2S. The predicted octanol–water partition coefficient (Wildman–Crippen LogP) is 0.832. The van der Waals surface area contributed by atoms with Crippen LogP contribution < -0.4 is 5.32 Å². The molecule has 0 aliphatic heterocycles. The summed E-state index contributed by atoms with van der Waals surface area (Å²) in [7, 11) is 0. The molecule has 0 bridgehead atoms. The molecule has 2 aromatic rings. The molecule has 84 valence electrons. The molecule has 0 aliphatic carbocycles. The lowest BCUT2D eigenvalue weighted by atomic mass is 10.5. The van der Waals surface area contributed by atoms with Crippen molar-refractivity contribution in [3.63, 3.8) is 0 Å². The third-order valence-electron chi connectivity index (χ3n) is 1.63. The fourth-order valence-electron chi connectivity index (χ4n) is 0.996. The zero-order valence-electron chi connectivity index (χ0n) is 8.43. The minimum absolute atomic E-state index is 0.177. The summed E-state index contributed by atoms with van der Waals surface area (Å²) in [6, 6.07) is 1.65. The number of carbonyl (C=O) groups is 1. The Bertz CT molecular complexity index is 466. The minimum atomic E-state index is -0.177. The van der Waals surface area contributed by atoms with Gasteiger partial charge in [0.05, 0.1) is 17.6 Å². The monoisotopic (exact) mass is 239 g/mol. The highest BCUT2D eigenvalue weighted by atomic mass is 32.2. The van der Waals surface area contributed by atoms with Crippen LogP contribution in [-0.2, 0) is 4.79 Å². The zero-order valence-corrected chi connectivity index (χ0v) is 9.24.